The summed E-state index contributed by atoms with van der Waals surface area (Å²) in [5.41, 5.74) is 0.668. The van der Waals surface area contributed by atoms with E-state index in [1.165, 1.54) is 32.0 Å². The minimum absolute atomic E-state index is 0.0919. The van der Waals surface area contributed by atoms with E-state index >= 15 is 0 Å². The van der Waals surface area contributed by atoms with Gasteiger partial charge in [-0.25, -0.2) is 0 Å². The Balaban J connectivity index is 1.80. The predicted molar refractivity (Wildman–Crippen MR) is 84.7 cm³/mol. The number of nitro benzene ring substituents is 1. The summed E-state index contributed by atoms with van der Waals surface area (Å²) in [5.74, 6) is 0.759. The molecule has 0 atom stereocenters. The van der Waals surface area contributed by atoms with E-state index in [1.807, 2.05) is 0 Å². The van der Waals surface area contributed by atoms with E-state index < -0.39 is 0 Å². The van der Waals surface area contributed by atoms with E-state index in [0.717, 1.165) is 18.9 Å². The number of nitro groups is 1. The Morgan fingerprint density at radius 1 is 1.43 bits per heavy atom. The molecule has 0 unspecified atom stereocenters. The maximum atomic E-state index is 11.0. The van der Waals surface area contributed by atoms with Gasteiger partial charge in [0.15, 0.2) is 0 Å². The molecule has 0 amide bonds. The lowest BCUT2D eigenvalue weighted by atomic mass is 9.94. The molecule has 1 heterocycles. The van der Waals surface area contributed by atoms with Crippen LogP contribution in [0.1, 0.15) is 24.8 Å². The quantitative estimate of drug-likeness (QED) is 0.498. The highest BCUT2D eigenvalue weighted by atomic mass is 35.5. The lowest BCUT2D eigenvalue weighted by molar-refractivity contribution is -0.385. The maximum absolute atomic E-state index is 11.0. The van der Waals surface area contributed by atoms with Gasteiger partial charge in [0.25, 0.3) is 5.69 Å². The van der Waals surface area contributed by atoms with Gasteiger partial charge in [-0.05, 0) is 57.9 Å². The number of halogens is 1. The fourth-order valence-corrected chi connectivity index (χ4v) is 3.00. The van der Waals surface area contributed by atoms with Crippen LogP contribution in [0.2, 0.25) is 5.02 Å². The molecule has 116 valence electrons. The van der Waals surface area contributed by atoms with Gasteiger partial charge < -0.3 is 10.2 Å². The third kappa shape index (κ3) is 4.66. The van der Waals surface area contributed by atoms with Crippen LogP contribution in [-0.2, 0) is 6.54 Å². The fraction of sp³-hybridized carbons (Fsp3) is 0.600. The molecule has 6 heteroatoms. The summed E-state index contributed by atoms with van der Waals surface area (Å²) in [4.78, 5) is 13.0. The average molecular weight is 312 g/mol. The Hall–Kier alpha value is -1.17. The minimum atomic E-state index is -0.375. The molecule has 0 spiro atoms. The molecule has 0 aromatic heterocycles. The van der Waals surface area contributed by atoms with Crippen molar-refractivity contribution in [2.24, 2.45) is 5.92 Å². The highest BCUT2D eigenvalue weighted by Crippen LogP contribution is 2.26. The van der Waals surface area contributed by atoms with E-state index in [0.29, 0.717) is 17.1 Å². The highest BCUT2D eigenvalue weighted by molar-refractivity contribution is 6.31. The average Bonchev–Trinajstić information content (AvgIpc) is 2.46. The molecule has 1 aliphatic heterocycles. The van der Waals surface area contributed by atoms with Crippen LogP contribution in [0.25, 0.3) is 0 Å². The van der Waals surface area contributed by atoms with Crippen LogP contribution < -0.4 is 5.32 Å². The molecule has 0 bridgehead atoms. The Bertz CT molecular complexity index is 488. The second-order valence-electron chi connectivity index (χ2n) is 5.71. The molecule has 0 aliphatic carbocycles. The van der Waals surface area contributed by atoms with Crippen LogP contribution in [0.3, 0.4) is 0 Å². The first-order valence-electron chi connectivity index (χ1n) is 7.39. The summed E-state index contributed by atoms with van der Waals surface area (Å²) in [6, 6.07) is 4.81. The van der Waals surface area contributed by atoms with Gasteiger partial charge >= 0.3 is 0 Å². The zero-order chi connectivity index (χ0) is 15.2. The van der Waals surface area contributed by atoms with Gasteiger partial charge in [0.2, 0.25) is 0 Å². The Kier molecular flexibility index (Phi) is 5.96. The monoisotopic (exact) mass is 311 g/mol. The number of rotatable bonds is 6. The molecule has 0 saturated carbocycles. The highest BCUT2D eigenvalue weighted by Gasteiger charge is 2.18. The summed E-state index contributed by atoms with van der Waals surface area (Å²) in [7, 11) is 2.16. The second kappa shape index (κ2) is 7.73. The smallest absolute Gasteiger partial charge is 0.275 e. The SMILES string of the molecule is CN1CCC(CCNCc2c(Cl)cccc2[N+](=O)[O-])CC1. The normalized spacial score (nSPS) is 17.0. The van der Waals surface area contributed by atoms with Crippen molar-refractivity contribution in [2.45, 2.75) is 25.8 Å². The fourth-order valence-electron chi connectivity index (χ4n) is 2.76. The van der Waals surface area contributed by atoms with Crippen molar-refractivity contribution < 1.29 is 4.92 Å². The second-order valence-corrected chi connectivity index (χ2v) is 6.11. The molecule has 21 heavy (non-hydrogen) atoms. The summed E-state index contributed by atoms with van der Waals surface area (Å²) in [6.07, 6.45) is 3.60. The van der Waals surface area contributed by atoms with E-state index in [4.69, 9.17) is 11.6 Å². The van der Waals surface area contributed by atoms with E-state index in [1.54, 1.807) is 12.1 Å². The zero-order valence-electron chi connectivity index (χ0n) is 12.3. The molecular formula is C15H22ClN3O2. The van der Waals surface area contributed by atoms with Crippen LogP contribution in [-0.4, -0.2) is 36.5 Å². The molecule has 2 rings (SSSR count). The minimum Gasteiger partial charge on any atom is -0.312 e. The Labute approximate surface area is 130 Å². The summed E-state index contributed by atoms with van der Waals surface area (Å²) in [5, 5.41) is 14.7. The van der Waals surface area contributed by atoms with E-state index in [2.05, 4.69) is 17.3 Å². The van der Waals surface area contributed by atoms with Gasteiger partial charge in [0.1, 0.15) is 0 Å². The molecule has 1 aliphatic rings. The maximum Gasteiger partial charge on any atom is 0.275 e. The first-order chi connectivity index (χ1) is 10.1. The number of likely N-dealkylation sites (tertiary alicyclic amines) is 1. The van der Waals surface area contributed by atoms with Crippen LogP contribution in [0, 0.1) is 16.0 Å². The summed E-state index contributed by atoms with van der Waals surface area (Å²) >= 11 is 6.07. The van der Waals surface area contributed by atoms with Crippen molar-refractivity contribution in [3.63, 3.8) is 0 Å². The predicted octanol–water partition coefficient (Wildman–Crippen LogP) is 3.07. The van der Waals surface area contributed by atoms with Crippen LogP contribution in [0.5, 0.6) is 0 Å². The number of nitrogens with zero attached hydrogens (tertiary/aromatic N) is 2. The van der Waals surface area contributed by atoms with Crippen molar-refractivity contribution in [1.82, 2.24) is 10.2 Å². The molecule has 5 nitrogen and oxygen atoms in total. The number of piperidine rings is 1. The Morgan fingerprint density at radius 2 is 2.14 bits per heavy atom. The first kappa shape index (κ1) is 16.2. The largest absolute Gasteiger partial charge is 0.312 e. The lowest BCUT2D eigenvalue weighted by Crippen LogP contribution is -2.31. The van der Waals surface area contributed by atoms with Crippen LogP contribution in [0.4, 0.5) is 5.69 Å². The van der Waals surface area contributed by atoms with Gasteiger partial charge in [0.05, 0.1) is 15.5 Å². The van der Waals surface area contributed by atoms with E-state index in [9.17, 15) is 10.1 Å². The van der Waals surface area contributed by atoms with Gasteiger partial charge in [0, 0.05) is 12.6 Å². The molecular weight excluding hydrogens is 290 g/mol. The van der Waals surface area contributed by atoms with Crippen molar-refractivity contribution in [3.05, 3.63) is 38.9 Å². The van der Waals surface area contributed by atoms with E-state index in [-0.39, 0.29) is 10.6 Å². The molecule has 1 N–H and O–H groups in total. The van der Waals surface area contributed by atoms with Gasteiger partial charge in [-0.1, -0.05) is 17.7 Å². The van der Waals surface area contributed by atoms with Crippen molar-refractivity contribution in [1.29, 1.82) is 0 Å². The third-order valence-electron chi connectivity index (χ3n) is 4.16. The summed E-state index contributed by atoms with van der Waals surface area (Å²) in [6.45, 7) is 3.65. The van der Waals surface area contributed by atoms with Crippen molar-refractivity contribution >= 4 is 17.3 Å². The van der Waals surface area contributed by atoms with Crippen molar-refractivity contribution in [2.75, 3.05) is 26.7 Å². The standard InChI is InChI=1S/C15H22ClN3O2/c1-18-9-6-12(7-10-18)5-8-17-11-13-14(16)3-2-4-15(13)19(20)21/h2-4,12,17H,5-11H2,1H3. The first-order valence-corrected chi connectivity index (χ1v) is 7.76. The molecule has 1 aromatic rings. The molecule has 1 saturated heterocycles. The number of nitrogens with one attached hydrogen (secondary N) is 1. The number of benzene rings is 1. The molecule has 0 radical (unpaired) electrons. The topological polar surface area (TPSA) is 58.4 Å². The van der Waals surface area contributed by atoms with Crippen molar-refractivity contribution in [3.8, 4) is 0 Å². The Morgan fingerprint density at radius 3 is 2.81 bits per heavy atom. The molecule has 1 aromatic carbocycles. The third-order valence-corrected chi connectivity index (χ3v) is 4.51. The lowest BCUT2D eigenvalue weighted by Gasteiger charge is -2.28. The van der Waals surface area contributed by atoms with Gasteiger partial charge in [-0.3, -0.25) is 10.1 Å². The zero-order valence-corrected chi connectivity index (χ0v) is 13.1. The van der Waals surface area contributed by atoms with Crippen LogP contribution >= 0.6 is 11.6 Å². The van der Waals surface area contributed by atoms with Gasteiger partial charge in [-0.2, -0.15) is 0 Å². The number of hydrogen-bond acceptors (Lipinski definition) is 4. The number of hydrogen-bond donors (Lipinski definition) is 1. The summed E-state index contributed by atoms with van der Waals surface area (Å²) < 4.78 is 0. The van der Waals surface area contributed by atoms with Gasteiger partial charge in [-0.15, -0.1) is 0 Å². The van der Waals surface area contributed by atoms with Crippen LogP contribution in [0.15, 0.2) is 18.2 Å². The molecule has 1 fully saturated rings.